The largest absolute Gasteiger partial charge is 0.334 e. The lowest BCUT2D eigenvalue weighted by Gasteiger charge is -2.35. The normalized spacial score (nSPS) is 18.9. The molecule has 1 fully saturated rings. The van der Waals surface area contributed by atoms with Crippen LogP contribution in [0.4, 0.5) is 5.69 Å². The number of para-hydroxylation sites is 1. The highest BCUT2D eigenvalue weighted by atomic mass is 16.6. The number of nitrogens with one attached hydrogen (secondary N) is 1. The molecule has 1 saturated heterocycles. The SMILES string of the molecule is CNCC1CCCCN1C(=O)c1ccccc1[N+](=O)[O-]. The van der Waals surface area contributed by atoms with E-state index in [4.69, 9.17) is 0 Å². The number of likely N-dealkylation sites (N-methyl/N-ethyl adjacent to an activating group) is 1. The molecule has 0 bridgehead atoms. The fourth-order valence-corrected chi connectivity index (χ4v) is 2.68. The summed E-state index contributed by atoms with van der Waals surface area (Å²) in [7, 11) is 1.85. The molecule has 20 heavy (non-hydrogen) atoms. The van der Waals surface area contributed by atoms with Crippen molar-refractivity contribution in [2.45, 2.75) is 25.3 Å². The number of carbonyl (C=O) groups is 1. The molecule has 1 unspecified atom stereocenters. The Morgan fingerprint density at radius 2 is 2.20 bits per heavy atom. The van der Waals surface area contributed by atoms with Gasteiger partial charge >= 0.3 is 0 Å². The molecule has 108 valence electrons. The van der Waals surface area contributed by atoms with Crippen LogP contribution >= 0.6 is 0 Å². The molecule has 1 amide bonds. The van der Waals surface area contributed by atoms with Crippen LogP contribution in [-0.4, -0.2) is 41.9 Å². The van der Waals surface area contributed by atoms with Crippen molar-refractivity contribution in [1.82, 2.24) is 10.2 Å². The summed E-state index contributed by atoms with van der Waals surface area (Å²) in [6.07, 6.45) is 2.98. The van der Waals surface area contributed by atoms with Crippen LogP contribution in [0, 0.1) is 10.1 Å². The molecule has 1 N–H and O–H groups in total. The predicted octanol–water partition coefficient (Wildman–Crippen LogP) is 1.81. The molecule has 0 aliphatic carbocycles. The average Bonchev–Trinajstić information content (AvgIpc) is 2.47. The van der Waals surface area contributed by atoms with E-state index in [0.29, 0.717) is 13.1 Å². The Hall–Kier alpha value is -1.95. The number of nitro benzene ring substituents is 1. The van der Waals surface area contributed by atoms with Crippen LogP contribution < -0.4 is 5.32 Å². The van der Waals surface area contributed by atoms with Gasteiger partial charge in [0.2, 0.25) is 0 Å². The summed E-state index contributed by atoms with van der Waals surface area (Å²) < 4.78 is 0. The van der Waals surface area contributed by atoms with Gasteiger partial charge in [0, 0.05) is 25.2 Å². The van der Waals surface area contributed by atoms with E-state index in [2.05, 4.69) is 5.32 Å². The summed E-state index contributed by atoms with van der Waals surface area (Å²) in [5, 5.41) is 14.1. The molecule has 0 aromatic heterocycles. The molecule has 2 rings (SSSR count). The second-order valence-corrected chi connectivity index (χ2v) is 4.98. The summed E-state index contributed by atoms with van der Waals surface area (Å²) in [4.78, 5) is 24.9. The van der Waals surface area contributed by atoms with Crippen molar-refractivity contribution in [3.8, 4) is 0 Å². The second-order valence-electron chi connectivity index (χ2n) is 4.98. The Morgan fingerprint density at radius 1 is 1.45 bits per heavy atom. The van der Waals surface area contributed by atoms with Gasteiger partial charge in [0.15, 0.2) is 0 Å². The number of hydrogen-bond acceptors (Lipinski definition) is 4. The predicted molar refractivity (Wildman–Crippen MR) is 75.7 cm³/mol. The first-order valence-electron chi connectivity index (χ1n) is 6.84. The average molecular weight is 277 g/mol. The summed E-state index contributed by atoms with van der Waals surface area (Å²) >= 11 is 0. The smallest absolute Gasteiger partial charge is 0.282 e. The number of nitro groups is 1. The van der Waals surface area contributed by atoms with Gasteiger partial charge in [-0.1, -0.05) is 12.1 Å². The van der Waals surface area contributed by atoms with Gasteiger partial charge in [-0.25, -0.2) is 0 Å². The van der Waals surface area contributed by atoms with Gasteiger partial charge in [-0.15, -0.1) is 0 Å². The molecule has 1 aliphatic rings. The van der Waals surface area contributed by atoms with E-state index >= 15 is 0 Å². The molecule has 6 nitrogen and oxygen atoms in total. The molecule has 1 heterocycles. The lowest BCUT2D eigenvalue weighted by molar-refractivity contribution is -0.385. The van der Waals surface area contributed by atoms with Crippen molar-refractivity contribution in [2.75, 3.05) is 20.1 Å². The van der Waals surface area contributed by atoms with Crippen molar-refractivity contribution in [2.24, 2.45) is 0 Å². The summed E-state index contributed by atoms with van der Waals surface area (Å²) in [5.74, 6) is -0.239. The summed E-state index contributed by atoms with van der Waals surface area (Å²) in [5.41, 5.74) is 0.0618. The molecule has 1 atom stereocenters. The highest BCUT2D eigenvalue weighted by Gasteiger charge is 2.30. The van der Waals surface area contributed by atoms with Gasteiger partial charge in [0.1, 0.15) is 5.56 Å². The first-order chi connectivity index (χ1) is 9.65. The maximum absolute atomic E-state index is 12.6. The fraction of sp³-hybridized carbons (Fsp3) is 0.500. The molecule has 1 aromatic carbocycles. The minimum absolute atomic E-state index is 0.112. The van der Waals surface area contributed by atoms with Crippen LogP contribution in [0.15, 0.2) is 24.3 Å². The standard InChI is InChI=1S/C14H19N3O3/c1-15-10-11-6-4-5-9-16(11)14(18)12-7-2-3-8-13(12)17(19)20/h2-3,7-8,11,15H,4-6,9-10H2,1H3. The van der Waals surface area contributed by atoms with Crippen LogP contribution in [0.2, 0.25) is 0 Å². The molecule has 6 heteroatoms. The Morgan fingerprint density at radius 3 is 2.90 bits per heavy atom. The van der Waals surface area contributed by atoms with Crippen molar-refractivity contribution in [3.63, 3.8) is 0 Å². The molecule has 0 saturated carbocycles. The highest BCUT2D eigenvalue weighted by molar-refractivity contribution is 5.98. The van der Waals surface area contributed by atoms with Gasteiger partial charge < -0.3 is 10.2 Å². The minimum Gasteiger partial charge on any atom is -0.334 e. The molecule has 1 aliphatic heterocycles. The third-order valence-electron chi connectivity index (χ3n) is 3.66. The molecular formula is C14H19N3O3. The van der Waals surface area contributed by atoms with Gasteiger partial charge in [0.05, 0.1) is 4.92 Å². The summed E-state index contributed by atoms with van der Waals surface area (Å²) in [6.45, 7) is 1.38. The van der Waals surface area contributed by atoms with Crippen molar-refractivity contribution < 1.29 is 9.72 Å². The van der Waals surface area contributed by atoms with Crippen LogP contribution in [0.5, 0.6) is 0 Å². The number of likely N-dealkylation sites (tertiary alicyclic amines) is 1. The molecule has 0 spiro atoms. The molecule has 1 aromatic rings. The van der Waals surface area contributed by atoms with Crippen LogP contribution in [0.3, 0.4) is 0 Å². The minimum atomic E-state index is -0.496. The summed E-state index contributed by atoms with van der Waals surface area (Å²) in [6, 6.07) is 6.27. The van der Waals surface area contributed by atoms with Gasteiger partial charge in [-0.2, -0.15) is 0 Å². The first kappa shape index (κ1) is 14.5. The topological polar surface area (TPSA) is 75.5 Å². The zero-order chi connectivity index (χ0) is 14.5. The molecular weight excluding hydrogens is 258 g/mol. The zero-order valence-electron chi connectivity index (χ0n) is 11.5. The van der Waals surface area contributed by atoms with Crippen molar-refractivity contribution in [3.05, 3.63) is 39.9 Å². The third kappa shape index (κ3) is 2.96. The van der Waals surface area contributed by atoms with Crippen molar-refractivity contribution >= 4 is 11.6 Å². The number of carbonyl (C=O) groups excluding carboxylic acids is 1. The van der Waals surface area contributed by atoms with E-state index in [1.807, 2.05) is 7.05 Å². The van der Waals surface area contributed by atoms with Crippen molar-refractivity contribution in [1.29, 1.82) is 0 Å². The number of hydrogen-bond donors (Lipinski definition) is 1. The Kier molecular flexibility index (Phi) is 4.68. The van der Waals surface area contributed by atoms with Gasteiger partial charge in [-0.05, 0) is 32.4 Å². The second kappa shape index (κ2) is 6.47. The lowest BCUT2D eigenvalue weighted by atomic mass is 10.0. The van der Waals surface area contributed by atoms with E-state index in [9.17, 15) is 14.9 Å². The maximum atomic E-state index is 12.6. The third-order valence-corrected chi connectivity index (χ3v) is 3.66. The maximum Gasteiger partial charge on any atom is 0.282 e. The van der Waals surface area contributed by atoms with E-state index in [0.717, 1.165) is 19.3 Å². The Balaban J connectivity index is 2.27. The van der Waals surface area contributed by atoms with Crippen LogP contribution in [-0.2, 0) is 0 Å². The van der Waals surface area contributed by atoms with E-state index in [-0.39, 0.29) is 23.2 Å². The Labute approximate surface area is 117 Å². The number of piperidine rings is 1. The van der Waals surface area contributed by atoms with Crippen LogP contribution in [0.1, 0.15) is 29.6 Å². The van der Waals surface area contributed by atoms with Gasteiger partial charge in [-0.3, -0.25) is 14.9 Å². The molecule has 0 radical (unpaired) electrons. The monoisotopic (exact) mass is 277 g/mol. The zero-order valence-corrected chi connectivity index (χ0v) is 11.5. The highest BCUT2D eigenvalue weighted by Crippen LogP contribution is 2.24. The quantitative estimate of drug-likeness (QED) is 0.672. The van der Waals surface area contributed by atoms with E-state index < -0.39 is 4.92 Å². The number of amides is 1. The lowest BCUT2D eigenvalue weighted by Crippen LogP contribution is -2.48. The number of benzene rings is 1. The van der Waals surface area contributed by atoms with E-state index in [1.54, 1.807) is 17.0 Å². The first-order valence-corrected chi connectivity index (χ1v) is 6.84. The Bertz CT molecular complexity index is 502. The van der Waals surface area contributed by atoms with Crippen LogP contribution in [0.25, 0.3) is 0 Å². The van der Waals surface area contributed by atoms with Gasteiger partial charge in [0.25, 0.3) is 11.6 Å². The fourth-order valence-electron chi connectivity index (χ4n) is 2.68. The number of nitrogens with zero attached hydrogens (tertiary/aromatic N) is 2. The number of rotatable bonds is 4. The van der Waals surface area contributed by atoms with E-state index in [1.165, 1.54) is 12.1 Å².